The summed E-state index contributed by atoms with van der Waals surface area (Å²) >= 11 is 0. The quantitative estimate of drug-likeness (QED) is 0.332. The van der Waals surface area contributed by atoms with Gasteiger partial charge in [0.2, 0.25) is 23.6 Å². The number of aromatic nitrogens is 3. The lowest BCUT2D eigenvalue weighted by atomic mass is 10.0. The van der Waals surface area contributed by atoms with Gasteiger partial charge in [-0.05, 0) is 42.0 Å². The van der Waals surface area contributed by atoms with E-state index in [0.717, 1.165) is 5.56 Å². The van der Waals surface area contributed by atoms with Gasteiger partial charge >= 0.3 is 0 Å². The number of benzene rings is 3. The molecule has 0 radical (unpaired) electrons. The number of carbonyl (C=O) groups is 2. The van der Waals surface area contributed by atoms with Crippen LogP contribution in [0.5, 0.6) is 0 Å². The van der Waals surface area contributed by atoms with Crippen molar-refractivity contribution in [3.8, 4) is 11.5 Å². The van der Waals surface area contributed by atoms with Gasteiger partial charge in [-0.2, -0.15) is 0 Å². The molecule has 1 aliphatic rings. The standard InChI is InChI=1S/C30H28N6O4/c1-19(37)31-24-11-12-26-25(18-24)32-28(40-26)22-9-6-10-23(17-22)30(38)36-15-13-35(14-16-36)27(21-7-4-3-5-8-21)29-34-33-20(2)39-29/h3-12,17-18,27H,13-16H2,1-2H3,(H,31,37). The van der Waals surface area contributed by atoms with Crippen molar-refractivity contribution in [2.24, 2.45) is 0 Å². The fourth-order valence-electron chi connectivity index (χ4n) is 5.05. The van der Waals surface area contributed by atoms with Gasteiger partial charge in [0.15, 0.2) is 5.58 Å². The SMILES string of the molecule is CC(=O)Nc1ccc2oc(-c3cccc(C(=O)N4CCN(C(c5ccccc5)c5nnc(C)o5)CC4)c3)nc2c1. The molecule has 1 unspecified atom stereocenters. The molecule has 10 nitrogen and oxygen atoms in total. The maximum absolute atomic E-state index is 13.5. The van der Waals surface area contributed by atoms with Crippen LogP contribution in [-0.2, 0) is 4.79 Å². The van der Waals surface area contributed by atoms with E-state index in [1.54, 1.807) is 25.1 Å². The molecule has 0 aliphatic carbocycles. The van der Waals surface area contributed by atoms with Crippen LogP contribution in [0.2, 0.25) is 0 Å². The van der Waals surface area contributed by atoms with Gasteiger partial charge in [-0.3, -0.25) is 14.5 Å². The van der Waals surface area contributed by atoms with Crippen LogP contribution in [0.4, 0.5) is 5.69 Å². The summed E-state index contributed by atoms with van der Waals surface area (Å²) in [5.74, 6) is 1.29. The third-order valence-electron chi connectivity index (χ3n) is 6.92. The molecule has 1 saturated heterocycles. The minimum Gasteiger partial charge on any atom is -0.436 e. The van der Waals surface area contributed by atoms with E-state index in [2.05, 4.69) is 37.5 Å². The number of hydrogen-bond donors (Lipinski definition) is 1. The zero-order valence-electron chi connectivity index (χ0n) is 22.2. The molecule has 40 heavy (non-hydrogen) atoms. The van der Waals surface area contributed by atoms with Crippen molar-refractivity contribution in [1.29, 1.82) is 0 Å². The van der Waals surface area contributed by atoms with Gasteiger partial charge < -0.3 is 19.1 Å². The lowest BCUT2D eigenvalue weighted by Crippen LogP contribution is -2.50. The van der Waals surface area contributed by atoms with E-state index >= 15 is 0 Å². The number of piperazine rings is 1. The Bertz CT molecular complexity index is 1670. The number of amides is 2. The molecule has 202 valence electrons. The maximum atomic E-state index is 13.5. The molecule has 10 heteroatoms. The average molecular weight is 537 g/mol. The molecule has 0 saturated carbocycles. The summed E-state index contributed by atoms with van der Waals surface area (Å²) in [5, 5.41) is 11.1. The Morgan fingerprint density at radius 3 is 2.42 bits per heavy atom. The Morgan fingerprint density at radius 1 is 0.900 bits per heavy atom. The van der Waals surface area contributed by atoms with E-state index < -0.39 is 0 Å². The van der Waals surface area contributed by atoms with Crippen LogP contribution in [0, 0.1) is 6.92 Å². The number of aryl methyl sites for hydroxylation is 1. The minimum absolute atomic E-state index is 0.0459. The van der Waals surface area contributed by atoms with Gasteiger partial charge in [-0.1, -0.05) is 36.4 Å². The Morgan fingerprint density at radius 2 is 1.70 bits per heavy atom. The summed E-state index contributed by atoms with van der Waals surface area (Å²) in [6, 6.07) is 22.5. The van der Waals surface area contributed by atoms with Gasteiger partial charge in [0.25, 0.3) is 5.91 Å². The Kier molecular flexibility index (Phi) is 6.83. The van der Waals surface area contributed by atoms with Crippen molar-refractivity contribution >= 4 is 28.6 Å². The normalized spacial score (nSPS) is 14.8. The first-order valence-electron chi connectivity index (χ1n) is 13.1. The van der Waals surface area contributed by atoms with Crippen LogP contribution >= 0.6 is 0 Å². The lowest BCUT2D eigenvalue weighted by Gasteiger charge is -2.38. The van der Waals surface area contributed by atoms with Crippen LogP contribution < -0.4 is 5.32 Å². The predicted molar refractivity (Wildman–Crippen MR) is 149 cm³/mol. The number of hydrogen-bond acceptors (Lipinski definition) is 8. The molecule has 3 heterocycles. The summed E-state index contributed by atoms with van der Waals surface area (Å²) in [6.07, 6.45) is 0. The maximum Gasteiger partial charge on any atom is 0.253 e. The number of oxazole rings is 1. The molecular weight excluding hydrogens is 508 g/mol. The van der Waals surface area contributed by atoms with E-state index in [9.17, 15) is 9.59 Å². The molecule has 1 N–H and O–H groups in total. The topological polar surface area (TPSA) is 118 Å². The van der Waals surface area contributed by atoms with Crippen LogP contribution in [0.3, 0.4) is 0 Å². The van der Waals surface area contributed by atoms with E-state index in [1.165, 1.54) is 6.92 Å². The number of nitrogens with zero attached hydrogens (tertiary/aromatic N) is 5. The minimum atomic E-state index is -0.173. The summed E-state index contributed by atoms with van der Waals surface area (Å²) in [6.45, 7) is 5.69. The summed E-state index contributed by atoms with van der Waals surface area (Å²) in [7, 11) is 0. The molecule has 6 rings (SSSR count). The highest BCUT2D eigenvalue weighted by Gasteiger charge is 2.31. The number of nitrogens with one attached hydrogen (secondary N) is 1. The Labute approximate surface area is 230 Å². The molecule has 2 amide bonds. The number of anilines is 1. The largest absolute Gasteiger partial charge is 0.436 e. The van der Waals surface area contributed by atoms with Crippen molar-refractivity contribution in [3.05, 3.63) is 95.7 Å². The Hall–Kier alpha value is -4.83. The fraction of sp³-hybridized carbons (Fsp3) is 0.233. The lowest BCUT2D eigenvalue weighted by molar-refractivity contribution is -0.114. The van der Waals surface area contributed by atoms with E-state index in [4.69, 9.17) is 8.83 Å². The molecule has 1 aliphatic heterocycles. The van der Waals surface area contributed by atoms with Crippen LogP contribution in [0.15, 0.2) is 81.6 Å². The summed E-state index contributed by atoms with van der Waals surface area (Å²) in [5.41, 5.74) is 4.21. The highest BCUT2D eigenvalue weighted by molar-refractivity contribution is 5.95. The first-order chi connectivity index (χ1) is 19.4. The van der Waals surface area contributed by atoms with Crippen molar-refractivity contribution in [2.45, 2.75) is 19.9 Å². The van der Waals surface area contributed by atoms with E-state index in [-0.39, 0.29) is 17.9 Å². The predicted octanol–water partition coefficient (Wildman–Crippen LogP) is 4.69. The van der Waals surface area contributed by atoms with Crippen LogP contribution in [0.1, 0.15) is 40.7 Å². The van der Waals surface area contributed by atoms with Crippen molar-refractivity contribution in [2.75, 3.05) is 31.5 Å². The second-order valence-corrected chi connectivity index (χ2v) is 9.76. The zero-order valence-corrected chi connectivity index (χ0v) is 22.2. The molecule has 5 aromatic rings. The van der Waals surface area contributed by atoms with Gasteiger partial charge in [0.1, 0.15) is 11.6 Å². The van der Waals surface area contributed by atoms with Gasteiger partial charge in [0, 0.05) is 56.8 Å². The number of fused-ring (bicyclic) bond motifs is 1. The Balaban J connectivity index is 1.18. The third-order valence-corrected chi connectivity index (χ3v) is 6.92. The van der Waals surface area contributed by atoms with Crippen molar-refractivity contribution in [1.82, 2.24) is 25.0 Å². The highest BCUT2D eigenvalue weighted by Crippen LogP contribution is 2.30. The third kappa shape index (κ3) is 5.21. The monoisotopic (exact) mass is 536 g/mol. The molecule has 1 fully saturated rings. The van der Waals surface area contributed by atoms with Gasteiger partial charge in [-0.15, -0.1) is 10.2 Å². The van der Waals surface area contributed by atoms with E-state index in [0.29, 0.717) is 71.8 Å². The van der Waals surface area contributed by atoms with Crippen LogP contribution in [0.25, 0.3) is 22.6 Å². The summed E-state index contributed by atoms with van der Waals surface area (Å²) < 4.78 is 11.8. The van der Waals surface area contributed by atoms with Crippen LogP contribution in [-0.4, -0.2) is 63.0 Å². The molecule has 3 aromatic carbocycles. The first kappa shape index (κ1) is 25.4. The molecular formula is C30H28N6O4. The molecule has 0 spiro atoms. The molecule has 2 aromatic heterocycles. The smallest absolute Gasteiger partial charge is 0.253 e. The average Bonchev–Trinajstić information content (AvgIpc) is 3.59. The van der Waals surface area contributed by atoms with E-state index in [1.807, 2.05) is 47.4 Å². The van der Waals surface area contributed by atoms with Gasteiger partial charge in [0.05, 0.1) is 0 Å². The zero-order chi connectivity index (χ0) is 27.6. The number of rotatable bonds is 6. The first-order valence-corrected chi connectivity index (χ1v) is 13.1. The second-order valence-electron chi connectivity index (χ2n) is 9.76. The molecule has 1 atom stereocenters. The highest BCUT2D eigenvalue weighted by atomic mass is 16.4. The van der Waals surface area contributed by atoms with Crippen molar-refractivity contribution in [3.63, 3.8) is 0 Å². The molecule has 0 bridgehead atoms. The fourth-order valence-corrected chi connectivity index (χ4v) is 5.05. The second kappa shape index (κ2) is 10.7. The summed E-state index contributed by atoms with van der Waals surface area (Å²) in [4.78, 5) is 33.6. The number of carbonyl (C=O) groups excluding carboxylic acids is 2. The van der Waals surface area contributed by atoms with Crippen molar-refractivity contribution < 1.29 is 18.4 Å². The van der Waals surface area contributed by atoms with Gasteiger partial charge in [-0.25, -0.2) is 4.98 Å².